The van der Waals surface area contributed by atoms with Crippen LogP contribution in [0, 0.1) is 11.8 Å². The first-order valence-electron chi connectivity index (χ1n) is 6.51. The lowest BCUT2D eigenvalue weighted by atomic mass is 10.2. The summed E-state index contributed by atoms with van der Waals surface area (Å²) in [6, 6.07) is 16.0. The van der Waals surface area contributed by atoms with E-state index in [0.29, 0.717) is 17.9 Å². The van der Waals surface area contributed by atoms with Crippen LogP contribution in [0.4, 0.5) is 10.5 Å². The van der Waals surface area contributed by atoms with E-state index in [1.54, 1.807) is 42.5 Å². The molecule has 0 saturated heterocycles. The fourth-order valence-electron chi connectivity index (χ4n) is 1.63. The van der Waals surface area contributed by atoms with Gasteiger partial charge in [-0.25, -0.2) is 4.79 Å². The molecular weight excluding hydrogens is 266 g/mol. The molecule has 4 nitrogen and oxygen atoms in total. The largest absolute Gasteiger partial charge is 0.417 e. The summed E-state index contributed by atoms with van der Waals surface area (Å²) in [5.74, 6) is 6.22. The molecule has 2 N–H and O–H groups in total. The molecule has 0 unspecified atom stereocenters. The molecule has 106 valence electrons. The second-order valence-corrected chi connectivity index (χ2v) is 4.18. The summed E-state index contributed by atoms with van der Waals surface area (Å²) in [4.78, 5) is 11.8. The van der Waals surface area contributed by atoms with Crippen molar-refractivity contribution >= 4 is 11.8 Å². The number of aliphatic hydroxyl groups is 1. The van der Waals surface area contributed by atoms with E-state index in [4.69, 9.17) is 9.84 Å². The van der Waals surface area contributed by atoms with Crippen molar-refractivity contribution in [2.45, 2.75) is 6.42 Å². The van der Waals surface area contributed by atoms with Crippen molar-refractivity contribution in [1.29, 1.82) is 0 Å². The molecule has 2 aromatic carbocycles. The van der Waals surface area contributed by atoms with Gasteiger partial charge in [0.15, 0.2) is 0 Å². The van der Waals surface area contributed by atoms with E-state index in [9.17, 15) is 4.79 Å². The number of carbonyl (C=O) groups is 1. The van der Waals surface area contributed by atoms with Crippen LogP contribution in [-0.2, 0) is 0 Å². The molecule has 0 atom stereocenters. The molecule has 0 heterocycles. The third-order valence-electron chi connectivity index (χ3n) is 2.53. The molecule has 0 fully saturated rings. The van der Waals surface area contributed by atoms with Crippen LogP contribution in [0.2, 0.25) is 0 Å². The molecule has 2 rings (SSSR count). The normalized spacial score (nSPS) is 9.38. The van der Waals surface area contributed by atoms with E-state index in [-0.39, 0.29) is 6.61 Å². The number of hydrogen-bond acceptors (Lipinski definition) is 3. The van der Waals surface area contributed by atoms with E-state index in [1.807, 2.05) is 12.1 Å². The molecule has 0 aromatic heterocycles. The number of aliphatic hydroxyl groups excluding tert-OH is 1. The van der Waals surface area contributed by atoms with Crippen LogP contribution in [0.3, 0.4) is 0 Å². The highest BCUT2D eigenvalue weighted by molar-refractivity contribution is 5.86. The Hall–Kier alpha value is -2.77. The van der Waals surface area contributed by atoms with Gasteiger partial charge in [0.05, 0.1) is 6.61 Å². The number of hydrogen-bond donors (Lipinski definition) is 2. The summed E-state index contributed by atoms with van der Waals surface area (Å²) in [7, 11) is 0. The Balaban J connectivity index is 1.98. The van der Waals surface area contributed by atoms with Crippen LogP contribution in [-0.4, -0.2) is 17.8 Å². The van der Waals surface area contributed by atoms with Gasteiger partial charge in [-0.3, -0.25) is 5.32 Å². The fourth-order valence-corrected chi connectivity index (χ4v) is 1.63. The minimum Gasteiger partial charge on any atom is -0.410 e. The summed E-state index contributed by atoms with van der Waals surface area (Å²) in [5, 5.41) is 11.3. The van der Waals surface area contributed by atoms with Gasteiger partial charge in [-0.15, -0.1) is 0 Å². The third-order valence-corrected chi connectivity index (χ3v) is 2.53. The van der Waals surface area contributed by atoms with E-state index in [0.717, 1.165) is 5.56 Å². The molecule has 4 heteroatoms. The number of amides is 1. The van der Waals surface area contributed by atoms with Gasteiger partial charge < -0.3 is 9.84 Å². The fraction of sp³-hybridized carbons (Fsp3) is 0.118. The van der Waals surface area contributed by atoms with Crippen LogP contribution in [0.1, 0.15) is 12.0 Å². The zero-order valence-corrected chi connectivity index (χ0v) is 11.4. The molecular formula is C17H15NO3. The molecule has 0 spiro atoms. The monoisotopic (exact) mass is 281 g/mol. The highest BCUT2D eigenvalue weighted by Gasteiger charge is 2.04. The van der Waals surface area contributed by atoms with Gasteiger partial charge in [0, 0.05) is 17.7 Å². The van der Waals surface area contributed by atoms with Crippen LogP contribution >= 0.6 is 0 Å². The quantitative estimate of drug-likeness (QED) is 0.850. The van der Waals surface area contributed by atoms with E-state index >= 15 is 0 Å². The molecule has 0 radical (unpaired) electrons. The van der Waals surface area contributed by atoms with Crippen LogP contribution in [0.5, 0.6) is 5.75 Å². The summed E-state index contributed by atoms with van der Waals surface area (Å²) in [5.41, 5.74) is 1.37. The number of benzene rings is 2. The van der Waals surface area contributed by atoms with Crippen molar-refractivity contribution in [3.8, 4) is 17.6 Å². The van der Waals surface area contributed by atoms with Crippen LogP contribution in [0.25, 0.3) is 0 Å². The Morgan fingerprint density at radius 1 is 1.14 bits per heavy atom. The minimum absolute atomic E-state index is 0.0361. The zero-order valence-electron chi connectivity index (χ0n) is 11.4. The SMILES string of the molecule is O=C(Nc1cccc(C#CCCO)c1)Oc1ccccc1. The predicted octanol–water partition coefficient (Wildman–Crippen LogP) is 3.03. The van der Waals surface area contributed by atoms with E-state index in [1.165, 1.54) is 0 Å². The summed E-state index contributed by atoms with van der Waals surface area (Å²) in [6.07, 6.45) is -0.130. The molecule has 0 aliphatic carbocycles. The lowest BCUT2D eigenvalue weighted by Crippen LogP contribution is -2.16. The number of ether oxygens (including phenoxy) is 1. The first kappa shape index (κ1) is 14.6. The Kier molecular flexibility index (Phi) is 5.39. The third kappa shape index (κ3) is 5.01. The molecule has 0 bridgehead atoms. The summed E-state index contributed by atoms with van der Waals surface area (Å²) < 4.78 is 5.14. The Morgan fingerprint density at radius 2 is 1.95 bits per heavy atom. The topological polar surface area (TPSA) is 58.6 Å². The number of nitrogens with one attached hydrogen (secondary N) is 1. The second-order valence-electron chi connectivity index (χ2n) is 4.18. The van der Waals surface area contributed by atoms with Gasteiger partial charge in [0.25, 0.3) is 0 Å². The van der Waals surface area contributed by atoms with Gasteiger partial charge in [-0.05, 0) is 30.3 Å². The van der Waals surface area contributed by atoms with Gasteiger partial charge in [-0.1, -0.05) is 36.1 Å². The van der Waals surface area contributed by atoms with E-state index < -0.39 is 6.09 Å². The molecule has 1 amide bonds. The van der Waals surface area contributed by atoms with Gasteiger partial charge in [-0.2, -0.15) is 0 Å². The molecule has 21 heavy (non-hydrogen) atoms. The van der Waals surface area contributed by atoms with Crippen molar-refractivity contribution in [3.63, 3.8) is 0 Å². The highest BCUT2D eigenvalue weighted by Crippen LogP contribution is 2.13. The Labute approximate surface area is 123 Å². The number of para-hydroxylation sites is 1. The molecule has 0 aliphatic rings. The second kappa shape index (κ2) is 7.73. The maximum atomic E-state index is 11.8. The van der Waals surface area contributed by atoms with Gasteiger partial charge in [0.1, 0.15) is 5.75 Å². The standard InChI is InChI=1S/C17H15NO3/c19-12-5-4-7-14-8-6-9-15(13-14)18-17(20)21-16-10-2-1-3-11-16/h1-3,6,8-11,13,19H,5,12H2,(H,18,20). The minimum atomic E-state index is -0.554. The maximum absolute atomic E-state index is 11.8. The maximum Gasteiger partial charge on any atom is 0.417 e. The smallest absolute Gasteiger partial charge is 0.410 e. The number of rotatable bonds is 3. The van der Waals surface area contributed by atoms with Crippen molar-refractivity contribution in [2.24, 2.45) is 0 Å². The number of anilines is 1. The van der Waals surface area contributed by atoms with Crippen LogP contribution < -0.4 is 10.1 Å². The lowest BCUT2D eigenvalue weighted by Gasteiger charge is -2.06. The highest BCUT2D eigenvalue weighted by atomic mass is 16.6. The Bertz CT molecular complexity index is 656. The van der Waals surface area contributed by atoms with Crippen molar-refractivity contribution in [3.05, 3.63) is 60.2 Å². The first-order chi connectivity index (χ1) is 10.3. The van der Waals surface area contributed by atoms with Crippen molar-refractivity contribution in [1.82, 2.24) is 0 Å². The Morgan fingerprint density at radius 3 is 2.71 bits per heavy atom. The van der Waals surface area contributed by atoms with Crippen LogP contribution in [0.15, 0.2) is 54.6 Å². The lowest BCUT2D eigenvalue weighted by molar-refractivity contribution is 0.215. The summed E-state index contributed by atoms with van der Waals surface area (Å²) in [6.45, 7) is 0.0361. The predicted molar refractivity (Wildman–Crippen MR) is 81.1 cm³/mol. The van der Waals surface area contributed by atoms with Gasteiger partial charge >= 0.3 is 6.09 Å². The first-order valence-corrected chi connectivity index (χ1v) is 6.51. The zero-order chi connectivity index (χ0) is 14.9. The van der Waals surface area contributed by atoms with Crippen molar-refractivity contribution < 1.29 is 14.6 Å². The average Bonchev–Trinajstić information content (AvgIpc) is 2.49. The van der Waals surface area contributed by atoms with E-state index in [2.05, 4.69) is 17.2 Å². The van der Waals surface area contributed by atoms with Crippen molar-refractivity contribution in [2.75, 3.05) is 11.9 Å². The summed E-state index contributed by atoms with van der Waals surface area (Å²) >= 11 is 0. The molecule has 2 aromatic rings. The number of carbonyl (C=O) groups excluding carboxylic acids is 1. The molecule has 0 aliphatic heterocycles. The average molecular weight is 281 g/mol. The molecule has 0 saturated carbocycles. The van der Waals surface area contributed by atoms with Gasteiger partial charge in [0.2, 0.25) is 0 Å².